The number of aliphatic hydroxyl groups is 1. The summed E-state index contributed by atoms with van der Waals surface area (Å²) in [5, 5.41) is 16.1. The molecule has 3 heterocycles. The Morgan fingerprint density at radius 1 is 1.28 bits per heavy atom. The zero-order valence-electron chi connectivity index (χ0n) is 20.9. The normalized spacial score (nSPS) is 17.2. The van der Waals surface area contributed by atoms with Gasteiger partial charge in [0, 0.05) is 30.1 Å². The second-order valence-electron chi connectivity index (χ2n) is 8.87. The smallest absolute Gasteiger partial charge is 0.337 e. The van der Waals surface area contributed by atoms with E-state index < -0.39 is 17.7 Å². The third kappa shape index (κ3) is 5.58. The number of rotatable bonds is 9. The molecule has 3 N–H and O–H groups in total. The summed E-state index contributed by atoms with van der Waals surface area (Å²) in [6.07, 6.45) is 1.83. The van der Waals surface area contributed by atoms with E-state index in [9.17, 15) is 19.1 Å². The Morgan fingerprint density at radius 3 is 2.85 bits per heavy atom. The summed E-state index contributed by atoms with van der Waals surface area (Å²) in [6.45, 7) is 0.727. The molecule has 0 spiro atoms. The molecule has 5 rings (SSSR count). The molecule has 0 aliphatic carbocycles. The number of carbonyl (C=O) groups is 2. The number of hydrogen-bond donors (Lipinski definition) is 3. The van der Waals surface area contributed by atoms with Crippen LogP contribution in [0.5, 0.6) is 5.75 Å². The average molecular weight is 558 g/mol. The topological polar surface area (TPSA) is 135 Å². The standard InChI is InChI=1S/C26H25ClFN5O6/c1-37-26(36)17-11-33(5-6-34)25(35)23(17)32-21-9-16-20(10-22(21)39-15-4-7-38-12-15)29-13-30-24(16)31-14-2-3-19(28)18(27)8-14/h2-3,8-10,13,15,32,34H,4-7,11-12H2,1H3,(H,29,30,31). The van der Waals surface area contributed by atoms with Crippen LogP contribution in [-0.2, 0) is 19.1 Å². The average Bonchev–Trinajstić information content (AvgIpc) is 3.55. The molecule has 13 heteroatoms. The number of nitrogens with one attached hydrogen (secondary N) is 2. The first-order valence-corrected chi connectivity index (χ1v) is 12.5. The maximum Gasteiger partial charge on any atom is 0.337 e. The minimum atomic E-state index is -0.669. The van der Waals surface area contributed by atoms with Crippen LogP contribution >= 0.6 is 11.6 Å². The van der Waals surface area contributed by atoms with E-state index >= 15 is 0 Å². The monoisotopic (exact) mass is 557 g/mol. The number of halogens is 2. The fourth-order valence-electron chi connectivity index (χ4n) is 4.36. The molecule has 1 fully saturated rings. The van der Waals surface area contributed by atoms with Gasteiger partial charge >= 0.3 is 5.97 Å². The van der Waals surface area contributed by atoms with Gasteiger partial charge in [-0.3, -0.25) is 4.79 Å². The fourth-order valence-corrected chi connectivity index (χ4v) is 4.54. The molecule has 0 saturated carbocycles. The van der Waals surface area contributed by atoms with Gasteiger partial charge in [0.2, 0.25) is 0 Å². The van der Waals surface area contributed by atoms with E-state index in [-0.39, 0.29) is 42.1 Å². The molecule has 11 nitrogen and oxygen atoms in total. The van der Waals surface area contributed by atoms with E-state index in [1.807, 2.05) is 0 Å². The van der Waals surface area contributed by atoms with E-state index in [4.69, 9.17) is 25.8 Å². The molecule has 2 aromatic carbocycles. The number of amides is 1. The lowest BCUT2D eigenvalue weighted by Crippen LogP contribution is -2.31. The second-order valence-corrected chi connectivity index (χ2v) is 9.27. The summed E-state index contributed by atoms with van der Waals surface area (Å²) in [4.78, 5) is 35.7. The first-order valence-electron chi connectivity index (χ1n) is 12.1. The zero-order valence-corrected chi connectivity index (χ0v) is 21.6. The lowest BCUT2D eigenvalue weighted by atomic mass is 10.1. The third-order valence-electron chi connectivity index (χ3n) is 6.31. The minimum Gasteiger partial charge on any atom is -0.486 e. The van der Waals surface area contributed by atoms with Gasteiger partial charge in [0.25, 0.3) is 5.91 Å². The number of carbonyl (C=O) groups excluding carboxylic acids is 2. The van der Waals surface area contributed by atoms with Crippen LogP contribution in [0.25, 0.3) is 10.9 Å². The molecule has 1 saturated heterocycles. The van der Waals surface area contributed by atoms with Gasteiger partial charge in [-0.05, 0) is 24.3 Å². The third-order valence-corrected chi connectivity index (χ3v) is 6.60. The van der Waals surface area contributed by atoms with Gasteiger partial charge in [0.15, 0.2) is 0 Å². The number of nitrogens with zero attached hydrogens (tertiary/aromatic N) is 3. The van der Waals surface area contributed by atoms with Gasteiger partial charge in [-0.2, -0.15) is 0 Å². The molecule has 1 unspecified atom stereocenters. The Labute approximate surface area is 227 Å². The molecule has 1 amide bonds. The lowest BCUT2D eigenvalue weighted by molar-refractivity contribution is -0.136. The Morgan fingerprint density at radius 2 is 2.13 bits per heavy atom. The Bertz CT molecular complexity index is 1460. The molecule has 3 aromatic rings. The lowest BCUT2D eigenvalue weighted by Gasteiger charge is -2.19. The number of aromatic nitrogens is 2. The maximum atomic E-state index is 13.7. The summed E-state index contributed by atoms with van der Waals surface area (Å²) >= 11 is 5.94. The predicted molar refractivity (Wildman–Crippen MR) is 140 cm³/mol. The van der Waals surface area contributed by atoms with Crippen LogP contribution in [0.1, 0.15) is 6.42 Å². The van der Waals surface area contributed by atoms with E-state index in [0.29, 0.717) is 53.5 Å². The van der Waals surface area contributed by atoms with Crippen molar-refractivity contribution in [3.63, 3.8) is 0 Å². The summed E-state index contributed by atoms with van der Waals surface area (Å²) in [7, 11) is 1.23. The predicted octanol–water partition coefficient (Wildman–Crippen LogP) is 3.01. The van der Waals surface area contributed by atoms with Gasteiger partial charge in [-0.15, -0.1) is 0 Å². The van der Waals surface area contributed by atoms with Crippen LogP contribution in [0.15, 0.2) is 47.9 Å². The van der Waals surface area contributed by atoms with Crippen molar-refractivity contribution in [1.82, 2.24) is 14.9 Å². The van der Waals surface area contributed by atoms with Crippen molar-refractivity contribution >= 4 is 51.6 Å². The quantitative estimate of drug-likeness (QED) is 0.337. The van der Waals surface area contributed by atoms with Gasteiger partial charge in [-0.1, -0.05) is 11.6 Å². The van der Waals surface area contributed by atoms with Gasteiger partial charge in [-0.25, -0.2) is 19.2 Å². The first kappa shape index (κ1) is 26.6. The number of hydrogen-bond acceptors (Lipinski definition) is 10. The number of benzene rings is 2. The highest BCUT2D eigenvalue weighted by Crippen LogP contribution is 2.37. The van der Waals surface area contributed by atoms with Crippen molar-refractivity contribution < 1.29 is 33.3 Å². The van der Waals surface area contributed by atoms with Crippen molar-refractivity contribution in [2.75, 3.05) is 50.7 Å². The van der Waals surface area contributed by atoms with Crippen molar-refractivity contribution in [3.8, 4) is 5.75 Å². The Kier molecular flexibility index (Phi) is 7.77. The van der Waals surface area contributed by atoms with Crippen LogP contribution < -0.4 is 15.4 Å². The number of esters is 1. The van der Waals surface area contributed by atoms with Gasteiger partial charge in [0.1, 0.15) is 35.5 Å². The Hall–Kier alpha value is -4.00. The van der Waals surface area contributed by atoms with Crippen LogP contribution in [0.4, 0.5) is 21.6 Å². The van der Waals surface area contributed by atoms with Crippen molar-refractivity contribution in [2.45, 2.75) is 12.5 Å². The Balaban J connectivity index is 1.58. The molecule has 0 bridgehead atoms. The number of anilines is 3. The van der Waals surface area contributed by atoms with Gasteiger partial charge < -0.3 is 34.9 Å². The van der Waals surface area contributed by atoms with Crippen molar-refractivity contribution in [3.05, 3.63) is 58.8 Å². The zero-order chi connectivity index (χ0) is 27.5. The molecule has 1 aromatic heterocycles. The van der Waals surface area contributed by atoms with E-state index in [1.165, 1.54) is 36.5 Å². The highest BCUT2D eigenvalue weighted by molar-refractivity contribution is 6.31. The SMILES string of the molecule is COC(=O)C1=C(Nc2cc3c(Nc4ccc(F)c(Cl)c4)ncnc3cc2OC2CCOC2)C(=O)N(CCO)C1. The highest BCUT2D eigenvalue weighted by Gasteiger charge is 2.35. The summed E-state index contributed by atoms with van der Waals surface area (Å²) < 4.78 is 30.2. The molecular weight excluding hydrogens is 533 g/mol. The summed E-state index contributed by atoms with van der Waals surface area (Å²) in [6, 6.07) is 7.58. The van der Waals surface area contributed by atoms with Gasteiger partial charge in [0.05, 0.1) is 55.3 Å². The van der Waals surface area contributed by atoms with E-state index in [0.717, 1.165) is 0 Å². The van der Waals surface area contributed by atoms with Crippen LogP contribution in [0.2, 0.25) is 5.02 Å². The number of aliphatic hydroxyl groups excluding tert-OH is 1. The summed E-state index contributed by atoms with van der Waals surface area (Å²) in [5.74, 6) is -0.910. The molecule has 2 aliphatic heterocycles. The molecule has 1 atom stereocenters. The largest absolute Gasteiger partial charge is 0.486 e. The number of methoxy groups -OCH3 is 1. The molecule has 39 heavy (non-hydrogen) atoms. The fraction of sp³-hybridized carbons (Fsp3) is 0.308. The molecule has 204 valence electrons. The van der Waals surface area contributed by atoms with E-state index in [2.05, 4.69) is 20.6 Å². The first-order chi connectivity index (χ1) is 18.9. The van der Waals surface area contributed by atoms with Crippen LogP contribution in [0, 0.1) is 5.82 Å². The molecular formula is C26H25ClFN5O6. The van der Waals surface area contributed by atoms with Crippen molar-refractivity contribution in [2.24, 2.45) is 0 Å². The van der Waals surface area contributed by atoms with E-state index in [1.54, 1.807) is 12.1 Å². The number of fused-ring (bicyclic) bond motifs is 1. The highest BCUT2D eigenvalue weighted by atomic mass is 35.5. The molecule has 2 aliphatic rings. The minimum absolute atomic E-state index is 0.0128. The van der Waals surface area contributed by atoms with Crippen molar-refractivity contribution in [1.29, 1.82) is 0 Å². The summed E-state index contributed by atoms with van der Waals surface area (Å²) in [5.41, 5.74) is 1.54. The second kappa shape index (κ2) is 11.4. The maximum absolute atomic E-state index is 13.7. The molecule has 0 radical (unpaired) electrons. The number of ether oxygens (including phenoxy) is 3. The van der Waals surface area contributed by atoms with Crippen LogP contribution in [-0.4, -0.2) is 78.0 Å². The van der Waals surface area contributed by atoms with Crippen LogP contribution in [0.3, 0.4) is 0 Å². The number of β-amino-alcohol motifs (C(OH)–C–C–N with tert-alkyl or cyclic N) is 1.